The van der Waals surface area contributed by atoms with Gasteiger partial charge in [-0.15, -0.1) is 18.2 Å². The minimum Gasteiger partial charge on any atom is -0.377 e. The number of thioether (sulfide) groups is 1. The number of hydrogen-bond donors (Lipinski definition) is 2. The summed E-state index contributed by atoms with van der Waals surface area (Å²) in [5.41, 5.74) is 5.37. The second-order valence-electron chi connectivity index (χ2n) is 6.14. The van der Waals surface area contributed by atoms with Crippen molar-refractivity contribution >= 4 is 17.7 Å². The van der Waals surface area contributed by atoms with Crippen LogP contribution >= 0.6 is 11.8 Å². The summed E-state index contributed by atoms with van der Waals surface area (Å²) in [6, 6.07) is 0. The van der Waals surface area contributed by atoms with Gasteiger partial charge in [-0.1, -0.05) is 19.8 Å². The first-order chi connectivity index (χ1) is 9.46. The molecule has 3 unspecified atom stereocenters. The fourth-order valence-corrected chi connectivity index (χ4v) is 4.06. The van der Waals surface area contributed by atoms with Gasteiger partial charge in [-0.05, 0) is 12.8 Å². The van der Waals surface area contributed by atoms with Crippen molar-refractivity contribution in [2.45, 2.75) is 38.3 Å². The molecule has 0 radical (unpaired) electrons. The van der Waals surface area contributed by atoms with E-state index in [9.17, 15) is 4.79 Å². The van der Waals surface area contributed by atoms with E-state index in [1.54, 1.807) is 11.8 Å². The summed E-state index contributed by atoms with van der Waals surface area (Å²) < 4.78 is 5.81. The topological polar surface area (TPSA) is 64.4 Å². The predicted molar refractivity (Wildman–Crippen MR) is 82.3 cm³/mol. The van der Waals surface area contributed by atoms with E-state index in [0.29, 0.717) is 12.3 Å². The average Bonchev–Trinajstić information content (AvgIpc) is 2.45. The Balaban J connectivity index is 1.92. The first-order valence-electron chi connectivity index (χ1n) is 7.16. The molecule has 1 amide bonds. The molecule has 0 aromatic heterocycles. The van der Waals surface area contributed by atoms with Crippen molar-refractivity contribution < 1.29 is 9.53 Å². The summed E-state index contributed by atoms with van der Waals surface area (Å²) in [6.45, 7) is 5.46. The predicted octanol–water partition coefficient (Wildman–Crippen LogP) is 1.00. The molecule has 2 aliphatic rings. The number of nitrogens with one attached hydrogen (secondary N) is 1. The van der Waals surface area contributed by atoms with Crippen LogP contribution in [0.1, 0.15) is 26.7 Å². The molecule has 2 rings (SSSR count). The van der Waals surface area contributed by atoms with Crippen LogP contribution in [0, 0.1) is 23.7 Å². The Morgan fingerprint density at radius 3 is 3.05 bits per heavy atom. The van der Waals surface area contributed by atoms with Crippen molar-refractivity contribution in [3.63, 3.8) is 0 Å². The minimum atomic E-state index is -0.811. The molecule has 2 fully saturated rings. The normalized spacial score (nSPS) is 34.5. The zero-order valence-electron chi connectivity index (χ0n) is 12.3. The molecule has 112 valence electrons. The maximum absolute atomic E-state index is 12.5. The van der Waals surface area contributed by atoms with E-state index in [0.717, 1.165) is 25.2 Å². The lowest BCUT2D eigenvalue weighted by molar-refractivity contribution is -0.225. The van der Waals surface area contributed by atoms with Gasteiger partial charge in [-0.25, -0.2) is 0 Å². The quantitative estimate of drug-likeness (QED) is 0.587. The molecule has 0 bridgehead atoms. The molecule has 3 atom stereocenters. The highest BCUT2D eigenvalue weighted by Gasteiger charge is 2.70. The molecule has 1 saturated carbocycles. The maximum atomic E-state index is 12.5. The second kappa shape index (κ2) is 5.97. The van der Waals surface area contributed by atoms with E-state index < -0.39 is 5.54 Å². The van der Waals surface area contributed by atoms with Gasteiger partial charge in [0.1, 0.15) is 5.54 Å². The summed E-state index contributed by atoms with van der Waals surface area (Å²) in [5, 5.41) is 2.96. The number of fused-ring (bicyclic) bond motifs is 1. The van der Waals surface area contributed by atoms with E-state index in [-0.39, 0.29) is 23.3 Å². The summed E-state index contributed by atoms with van der Waals surface area (Å²) in [4.78, 5) is 12.5. The first-order valence-corrected chi connectivity index (χ1v) is 8.31. The van der Waals surface area contributed by atoms with Crippen molar-refractivity contribution in [3.05, 3.63) is 0 Å². The molecule has 0 aromatic rings. The Morgan fingerprint density at radius 1 is 1.60 bits per heavy atom. The smallest absolute Gasteiger partial charge is 0.241 e. The Morgan fingerprint density at radius 2 is 2.35 bits per heavy atom. The Hall–Kier alpha value is -0.700. The van der Waals surface area contributed by atoms with Gasteiger partial charge < -0.3 is 15.8 Å². The highest BCUT2D eigenvalue weighted by Crippen LogP contribution is 2.57. The zero-order valence-corrected chi connectivity index (χ0v) is 13.1. The lowest BCUT2D eigenvalue weighted by atomic mass is 9.46. The molecule has 1 aliphatic heterocycles. The van der Waals surface area contributed by atoms with Gasteiger partial charge in [0.25, 0.3) is 0 Å². The summed E-state index contributed by atoms with van der Waals surface area (Å²) in [6.07, 6.45) is 7.26. The van der Waals surface area contributed by atoms with E-state index >= 15 is 0 Å². The molecule has 4 nitrogen and oxygen atoms in total. The maximum Gasteiger partial charge on any atom is 0.241 e. The number of terminal acetylenes is 1. The lowest BCUT2D eigenvalue weighted by Crippen LogP contribution is -2.82. The van der Waals surface area contributed by atoms with Crippen LogP contribution in [0.4, 0.5) is 0 Å². The number of hydrogen-bond acceptors (Lipinski definition) is 4. The third-order valence-corrected chi connectivity index (χ3v) is 5.64. The van der Waals surface area contributed by atoms with Gasteiger partial charge >= 0.3 is 0 Å². The molecule has 0 spiro atoms. The van der Waals surface area contributed by atoms with Crippen LogP contribution in [0.5, 0.6) is 0 Å². The van der Waals surface area contributed by atoms with Crippen molar-refractivity contribution in [3.8, 4) is 12.3 Å². The van der Waals surface area contributed by atoms with E-state index in [1.807, 2.05) is 13.8 Å². The standard InChI is InChI=1S/C15H24N2O2S/c1-4-9-20-10-7-17-13(18)15(16)11-6-5-8-19-12(11)14(15,2)3/h1,11-12H,5-10,16H2,2-3H3,(H,17,18). The van der Waals surface area contributed by atoms with E-state index in [4.69, 9.17) is 16.9 Å². The van der Waals surface area contributed by atoms with Gasteiger partial charge in [-0.3, -0.25) is 4.79 Å². The Labute approximate surface area is 125 Å². The van der Waals surface area contributed by atoms with Gasteiger partial charge in [0.05, 0.1) is 11.9 Å². The number of amides is 1. The minimum absolute atomic E-state index is 0.0458. The number of carbonyl (C=O) groups excluding carboxylic acids is 1. The van der Waals surface area contributed by atoms with Crippen LogP contribution in [-0.4, -0.2) is 42.2 Å². The number of ether oxygens (including phenoxy) is 1. The first kappa shape index (κ1) is 15.7. The van der Waals surface area contributed by atoms with Crippen molar-refractivity contribution in [1.29, 1.82) is 0 Å². The number of carbonyl (C=O) groups is 1. The fraction of sp³-hybridized carbons (Fsp3) is 0.800. The highest BCUT2D eigenvalue weighted by molar-refractivity contribution is 7.99. The molecule has 0 aromatic carbocycles. The van der Waals surface area contributed by atoms with Crippen LogP contribution in [0.15, 0.2) is 0 Å². The molecule has 1 heterocycles. The van der Waals surface area contributed by atoms with Gasteiger partial charge in [0, 0.05) is 30.2 Å². The van der Waals surface area contributed by atoms with Crippen LogP contribution in [-0.2, 0) is 9.53 Å². The monoisotopic (exact) mass is 296 g/mol. The Kier molecular flexibility index (Phi) is 4.68. The fourth-order valence-electron chi connectivity index (χ4n) is 3.55. The molecule has 3 N–H and O–H groups in total. The third-order valence-electron chi connectivity index (χ3n) is 4.78. The Bertz CT molecular complexity index is 419. The summed E-state index contributed by atoms with van der Waals surface area (Å²) >= 11 is 1.64. The molecule has 20 heavy (non-hydrogen) atoms. The second-order valence-corrected chi connectivity index (χ2v) is 7.25. The summed E-state index contributed by atoms with van der Waals surface area (Å²) in [7, 11) is 0. The zero-order chi connectivity index (χ0) is 14.8. The lowest BCUT2D eigenvalue weighted by Gasteiger charge is -2.65. The van der Waals surface area contributed by atoms with Crippen LogP contribution in [0.2, 0.25) is 0 Å². The van der Waals surface area contributed by atoms with Crippen LogP contribution in [0.3, 0.4) is 0 Å². The third kappa shape index (κ3) is 2.34. The molecular formula is C15H24N2O2S. The molecular weight excluding hydrogens is 272 g/mol. The van der Waals surface area contributed by atoms with E-state index in [2.05, 4.69) is 11.2 Å². The average molecular weight is 296 g/mol. The van der Waals surface area contributed by atoms with Crippen LogP contribution in [0.25, 0.3) is 0 Å². The van der Waals surface area contributed by atoms with Crippen molar-refractivity contribution in [2.24, 2.45) is 17.1 Å². The van der Waals surface area contributed by atoms with E-state index in [1.165, 1.54) is 0 Å². The number of nitrogens with two attached hydrogens (primary N) is 1. The van der Waals surface area contributed by atoms with Crippen LogP contribution < -0.4 is 11.1 Å². The molecule has 5 heteroatoms. The highest BCUT2D eigenvalue weighted by atomic mass is 32.2. The van der Waals surface area contributed by atoms with Crippen molar-refractivity contribution in [2.75, 3.05) is 24.7 Å². The molecule has 1 saturated heterocycles. The van der Waals surface area contributed by atoms with Gasteiger partial charge in [0.2, 0.25) is 5.91 Å². The molecule has 1 aliphatic carbocycles. The van der Waals surface area contributed by atoms with Crippen molar-refractivity contribution in [1.82, 2.24) is 5.32 Å². The summed E-state index contributed by atoms with van der Waals surface area (Å²) in [5.74, 6) is 4.16. The largest absolute Gasteiger partial charge is 0.377 e. The SMILES string of the molecule is C#CCSCCNC(=O)C1(N)C2CCCOC2C1(C)C. The number of rotatable bonds is 5. The van der Waals surface area contributed by atoms with Gasteiger partial charge in [0.15, 0.2) is 0 Å². The van der Waals surface area contributed by atoms with Gasteiger partial charge in [-0.2, -0.15) is 0 Å².